The van der Waals surface area contributed by atoms with Crippen LogP contribution >= 0.6 is 0 Å². The molecule has 0 atom stereocenters. The molecule has 1 amide bonds. The van der Waals surface area contributed by atoms with Crippen LogP contribution in [0, 0.1) is 0 Å². The number of likely N-dealkylation sites (N-methyl/N-ethyl adjacent to an activating group) is 1. The maximum Gasteiger partial charge on any atom is 0.257 e. The fourth-order valence-electron chi connectivity index (χ4n) is 2.24. The molecule has 2 aromatic rings. The van der Waals surface area contributed by atoms with Gasteiger partial charge in [-0.15, -0.1) is 0 Å². The molecule has 112 valence electrons. The minimum Gasteiger partial charge on any atom is -0.389 e. The minimum atomic E-state index is -0.928. The minimum absolute atomic E-state index is 0.132. The normalized spacial score (nSPS) is 11.4. The lowest BCUT2D eigenvalue weighted by Gasteiger charge is -2.28. The highest BCUT2D eigenvalue weighted by molar-refractivity contribution is 5.99. The number of aromatic nitrogens is 2. The Hall–Kier alpha value is -2.14. The average molecular weight is 287 g/mol. The van der Waals surface area contributed by atoms with E-state index >= 15 is 0 Å². The second kappa shape index (κ2) is 6.10. The number of carbonyl (C=O) groups excluding carboxylic acids is 1. The van der Waals surface area contributed by atoms with Crippen molar-refractivity contribution in [2.24, 2.45) is 0 Å². The predicted molar refractivity (Wildman–Crippen MR) is 81.9 cm³/mol. The molecule has 2 N–H and O–H groups in total. The van der Waals surface area contributed by atoms with Gasteiger partial charge in [0.1, 0.15) is 0 Å². The number of benzene rings is 1. The first-order valence-corrected chi connectivity index (χ1v) is 7.03. The summed E-state index contributed by atoms with van der Waals surface area (Å²) in [4.78, 5) is 14.3. The van der Waals surface area contributed by atoms with E-state index in [0.717, 1.165) is 5.56 Å². The largest absolute Gasteiger partial charge is 0.389 e. The predicted octanol–water partition coefficient (Wildman–Crippen LogP) is 2.31. The van der Waals surface area contributed by atoms with Crippen molar-refractivity contribution in [2.75, 3.05) is 13.1 Å². The zero-order valence-corrected chi connectivity index (χ0v) is 12.6. The Labute approximate surface area is 124 Å². The van der Waals surface area contributed by atoms with Gasteiger partial charge in [-0.1, -0.05) is 30.3 Å². The van der Waals surface area contributed by atoms with Crippen molar-refractivity contribution >= 4 is 5.91 Å². The highest BCUT2D eigenvalue weighted by atomic mass is 16.3. The van der Waals surface area contributed by atoms with Crippen LogP contribution < -0.4 is 0 Å². The number of aromatic amines is 1. The lowest BCUT2D eigenvalue weighted by Crippen LogP contribution is -2.42. The SMILES string of the molecule is CCN(CC(C)(C)O)C(=O)c1cn[nH]c1-c1ccccc1. The first kappa shape index (κ1) is 15.3. The number of hydrogen-bond donors (Lipinski definition) is 2. The third kappa shape index (κ3) is 3.70. The molecule has 0 unspecified atom stereocenters. The van der Waals surface area contributed by atoms with Crippen LogP contribution in [0.1, 0.15) is 31.1 Å². The Bertz CT molecular complexity index is 599. The monoisotopic (exact) mass is 287 g/mol. The van der Waals surface area contributed by atoms with Crippen molar-refractivity contribution in [3.8, 4) is 11.3 Å². The number of nitrogens with zero attached hydrogens (tertiary/aromatic N) is 2. The Morgan fingerprint density at radius 3 is 2.57 bits per heavy atom. The molecule has 2 rings (SSSR count). The molecule has 21 heavy (non-hydrogen) atoms. The summed E-state index contributed by atoms with van der Waals surface area (Å²) in [6.45, 7) is 6.09. The third-order valence-corrected chi connectivity index (χ3v) is 3.18. The fraction of sp³-hybridized carbons (Fsp3) is 0.375. The van der Waals surface area contributed by atoms with E-state index in [0.29, 0.717) is 17.8 Å². The van der Waals surface area contributed by atoms with E-state index in [4.69, 9.17) is 0 Å². The van der Waals surface area contributed by atoms with Crippen LogP contribution in [0.3, 0.4) is 0 Å². The number of H-pyrrole nitrogens is 1. The summed E-state index contributed by atoms with van der Waals surface area (Å²) in [6, 6.07) is 9.61. The van der Waals surface area contributed by atoms with Crippen LogP contribution in [0.4, 0.5) is 0 Å². The zero-order chi connectivity index (χ0) is 15.5. The van der Waals surface area contributed by atoms with Crippen LogP contribution in [0.2, 0.25) is 0 Å². The molecule has 0 saturated heterocycles. The van der Waals surface area contributed by atoms with E-state index in [-0.39, 0.29) is 12.5 Å². The fourth-order valence-corrected chi connectivity index (χ4v) is 2.24. The van der Waals surface area contributed by atoms with E-state index in [9.17, 15) is 9.90 Å². The number of amides is 1. The molecule has 1 aromatic carbocycles. The average Bonchev–Trinajstić information content (AvgIpc) is 2.93. The van der Waals surface area contributed by atoms with Gasteiger partial charge >= 0.3 is 0 Å². The van der Waals surface area contributed by atoms with E-state index in [2.05, 4.69) is 10.2 Å². The molecule has 0 aliphatic rings. The van der Waals surface area contributed by atoms with Gasteiger partial charge in [0.05, 0.1) is 23.1 Å². The molecular formula is C16H21N3O2. The molecule has 0 spiro atoms. The first-order valence-electron chi connectivity index (χ1n) is 7.03. The molecule has 0 aliphatic carbocycles. The Morgan fingerprint density at radius 2 is 2.00 bits per heavy atom. The van der Waals surface area contributed by atoms with Crippen molar-refractivity contribution in [2.45, 2.75) is 26.4 Å². The second-order valence-electron chi connectivity index (χ2n) is 5.66. The topological polar surface area (TPSA) is 69.2 Å². The number of hydrogen-bond acceptors (Lipinski definition) is 3. The van der Waals surface area contributed by atoms with E-state index in [1.807, 2.05) is 37.3 Å². The van der Waals surface area contributed by atoms with Crippen molar-refractivity contribution in [3.63, 3.8) is 0 Å². The first-order chi connectivity index (χ1) is 9.92. The van der Waals surface area contributed by atoms with E-state index < -0.39 is 5.60 Å². The van der Waals surface area contributed by atoms with Crippen LogP contribution in [0.5, 0.6) is 0 Å². The summed E-state index contributed by atoms with van der Waals surface area (Å²) in [5, 5.41) is 16.8. The van der Waals surface area contributed by atoms with Crippen molar-refractivity contribution in [1.82, 2.24) is 15.1 Å². The molecule has 5 heteroatoms. The van der Waals surface area contributed by atoms with Crippen molar-refractivity contribution < 1.29 is 9.90 Å². The van der Waals surface area contributed by atoms with Gasteiger partial charge in [-0.3, -0.25) is 9.89 Å². The molecule has 0 saturated carbocycles. The summed E-state index contributed by atoms with van der Waals surface area (Å²) in [5.41, 5.74) is 1.21. The lowest BCUT2D eigenvalue weighted by atomic mass is 10.1. The van der Waals surface area contributed by atoms with E-state index in [1.165, 1.54) is 6.20 Å². The highest BCUT2D eigenvalue weighted by Gasteiger charge is 2.25. The molecular weight excluding hydrogens is 266 g/mol. The van der Waals surface area contributed by atoms with Gasteiger partial charge in [0, 0.05) is 18.7 Å². The van der Waals surface area contributed by atoms with Gasteiger partial charge in [-0.05, 0) is 20.8 Å². The molecule has 0 fully saturated rings. The van der Waals surface area contributed by atoms with Crippen molar-refractivity contribution in [1.29, 1.82) is 0 Å². The number of rotatable bonds is 5. The summed E-state index contributed by atoms with van der Waals surface area (Å²) in [6.07, 6.45) is 1.54. The smallest absolute Gasteiger partial charge is 0.257 e. The van der Waals surface area contributed by atoms with Gasteiger partial charge in [-0.2, -0.15) is 5.10 Å². The van der Waals surface area contributed by atoms with Gasteiger partial charge in [-0.25, -0.2) is 0 Å². The van der Waals surface area contributed by atoms with Gasteiger partial charge in [0.2, 0.25) is 0 Å². The van der Waals surface area contributed by atoms with Crippen LogP contribution in [-0.4, -0.2) is 44.8 Å². The maximum absolute atomic E-state index is 12.7. The zero-order valence-electron chi connectivity index (χ0n) is 12.6. The quantitative estimate of drug-likeness (QED) is 0.886. The Balaban J connectivity index is 2.30. The Kier molecular flexibility index (Phi) is 4.43. The number of nitrogens with one attached hydrogen (secondary N) is 1. The highest BCUT2D eigenvalue weighted by Crippen LogP contribution is 2.22. The van der Waals surface area contributed by atoms with Gasteiger partial charge in [0.15, 0.2) is 0 Å². The van der Waals surface area contributed by atoms with Crippen LogP contribution in [0.15, 0.2) is 36.5 Å². The lowest BCUT2D eigenvalue weighted by molar-refractivity contribution is 0.0315. The Morgan fingerprint density at radius 1 is 1.33 bits per heavy atom. The maximum atomic E-state index is 12.7. The van der Waals surface area contributed by atoms with E-state index in [1.54, 1.807) is 18.7 Å². The molecule has 1 heterocycles. The molecule has 0 bridgehead atoms. The molecule has 5 nitrogen and oxygen atoms in total. The molecule has 1 aromatic heterocycles. The van der Waals surface area contributed by atoms with Gasteiger partial charge < -0.3 is 10.0 Å². The van der Waals surface area contributed by atoms with Gasteiger partial charge in [0.25, 0.3) is 5.91 Å². The summed E-state index contributed by atoms with van der Waals surface area (Å²) < 4.78 is 0. The molecule has 0 radical (unpaired) electrons. The van der Waals surface area contributed by atoms with Crippen LogP contribution in [0.25, 0.3) is 11.3 Å². The summed E-state index contributed by atoms with van der Waals surface area (Å²) in [5.74, 6) is -0.132. The summed E-state index contributed by atoms with van der Waals surface area (Å²) >= 11 is 0. The number of carbonyl (C=O) groups is 1. The molecule has 0 aliphatic heterocycles. The standard InChI is InChI=1S/C16H21N3O2/c1-4-19(11-16(2,3)21)15(20)13-10-17-18-14(13)12-8-6-5-7-9-12/h5-10,21H,4,11H2,1-3H3,(H,17,18). The third-order valence-electron chi connectivity index (χ3n) is 3.18. The number of aliphatic hydroxyl groups is 1. The van der Waals surface area contributed by atoms with Crippen molar-refractivity contribution in [3.05, 3.63) is 42.1 Å². The second-order valence-corrected chi connectivity index (χ2v) is 5.66. The van der Waals surface area contributed by atoms with Crippen LogP contribution in [-0.2, 0) is 0 Å². The summed E-state index contributed by atoms with van der Waals surface area (Å²) in [7, 11) is 0.